The van der Waals surface area contributed by atoms with E-state index in [9.17, 15) is 9.59 Å². The van der Waals surface area contributed by atoms with Crippen LogP contribution in [-0.2, 0) is 22.6 Å². The highest BCUT2D eigenvalue weighted by Gasteiger charge is 2.17. The van der Waals surface area contributed by atoms with E-state index in [2.05, 4.69) is 5.32 Å². The van der Waals surface area contributed by atoms with Gasteiger partial charge in [-0.1, -0.05) is 12.1 Å². The molecule has 0 saturated carbocycles. The Bertz CT molecular complexity index is 804. The molecule has 0 fully saturated rings. The fourth-order valence-electron chi connectivity index (χ4n) is 2.42. The van der Waals surface area contributed by atoms with Crippen molar-refractivity contribution in [1.29, 1.82) is 5.26 Å². The van der Waals surface area contributed by atoms with Crippen molar-refractivity contribution in [2.75, 3.05) is 5.32 Å². The van der Waals surface area contributed by atoms with Crippen LogP contribution in [0.5, 0.6) is 0 Å². The standard InChI is InChI=1S/C18H14N2O3/c19-10-12-1-3-13(4-2-12)11-23-18(22)15-5-7-16-14(9-15)6-8-17(21)20-16/h1-5,7,9H,6,8,11H2,(H,20,21). The number of carbonyl (C=O) groups is 2. The molecule has 0 spiro atoms. The molecule has 5 heteroatoms. The predicted molar refractivity (Wildman–Crippen MR) is 83.7 cm³/mol. The summed E-state index contributed by atoms with van der Waals surface area (Å²) in [6, 6.07) is 14.1. The lowest BCUT2D eigenvalue weighted by molar-refractivity contribution is -0.116. The van der Waals surface area contributed by atoms with Crippen molar-refractivity contribution in [2.24, 2.45) is 0 Å². The quantitative estimate of drug-likeness (QED) is 0.884. The summed E-state index contributed by atoms with van der Waals surface area (Å²) in [6.45, 7) is 0.151. The first-order valence-electron chi connectivity index (χ1n) is 7.24. The van der Waals surface area contributed by atoms with Gasteiger partial charge in [-0.25, -0.2) is 4.79 Å². The molecule has 23 heavy (non-hydrogen) atoms. The third kappa shape index (κ3) is 3.38. The Kier molecular flexibility index (Phi) is 4.07. The second kappa shape index (κ2) is 6.32. The molecule has 114 valence electrons. The van der Waals surface area contributed by atoms with Crippen LogP contribution in [0.25, 0.3) is 0 Å². The Morgan fingerprint density at radius 2 is 1.96 bits per heavy atom. The van der Waals surface area contributed by atoms with Gasteiger partial charge >= 0.3 is 5.97 Å². The van der Waals surface area contributed by atoms with E-state index in [1.807, 2.05) is 6.07 Å². The molecule has 0 aromatic heterocycles. The van der Waals surface area contributed by atoms with Gasteiger partial charge in [-0.2, -0.15) is 5.26 Å². The minimum atomic E-state index is -0.408. The van der Waals surface area contributed by atoms with Crippen LogP contribution >= 0.6 is 0 Å². The minimum absolute atomic E-state index is 0.00589. The van der Waals surface area contributed by atoms with Gasteiger partial charge in [-0.3, -0.25) is 4.79 Å². The number of nitrogens with one attached hydrogen (secondary N) is 1. The number of carbonyl (C=O) groups excluding carboxylic acids is 2. The summed E-state index contributed by atoms with van der Waals surface area (Å²) in [7, 11) is 0. The van der Waals surface area contributed by atoms with Crippen molar-refractivity contribution in [2.45, 2.75) is 19.4 Å². The van der Waals surface area contributed by atoms with Crippen LogP contribution in [0.15, 0.2) is 42.5 Å². The van der Waals surface area contributed by atoms with Gasteiger partial charge in [0.2, 0.25) is 5.91 Å². The van der Waals surface area contributed by atoms with Crippen molar-refractivity contribution in [3.05, 3.63) is 64.7 Å². The molecule has 1 aliphatic heterocycles. The highest BCUT2D eigenvalue weighted by atomic mass is 16.5. The Morgan fingerprint density at radius 1 is 1.17 bits per heavy atom. The van der Waals surface area contributed by atoms with Crippen LogP contribution in [0.1, 0.15) is 33.5 Å². The van der Waals surface area contributed by atoms with E-state index >= 15 is 0 Å². The second-order valence-corrected chi connectivity index (χ2v) is 5.30. The Morgan fingerprint density at radius 3 is 2.70 bits per heavy atom. The number of benzene rings is 2. The number of hydrogen-bond donors (Lipinski definition) is 1. The number of nitriles is 1. The fourth-order valence-corrected chi connectivity index (χ4v) is 2.42. The van der Waals surface area contributed by atoms with Crippen LogP contribution in [0.4, 0.5) is 5.69 Å². The average molecular weight is 306 g/mol. The molecule has 0 atom stereocenters. The van der Waals surface area contributed by atoms with Gasteiger partial charge in [0.25, 0.3) is 0 Å². The maximum absolute atomic E-state index is 12.1. The van der Waals surface area contributed by atoms with E-state index in [1.165, 1.54) is 0 Å². The van der Waals surface area contributed by atoms with E-state index in [0.29, 0.717) is 24.0 Å². The van der Waals surface area contributed by atoms with Crippen LogP contribution in [0.3, 0.4) is 0 Å². The predicted octanol–water partition coefficient (Wildman–Crippen LogP) is 2.80. The Balaban J connectivity index is 1.66. The molecule has 0 bridgehead atoms. The molecule has 0 radical (unpaired) electrons. The fraction of sp³-hybridized carbons (Fsp3) is 0.167. The number of anilines is 1. The molecule has 1 N–H and O–H groups in total. The number of amides is 1. The zero-order chi connectivity index (χ0) is 16.2. The first-order chi connectivity index (χ1) is 11.2. The van der Waals surface area contributed by atoms with Crippen molar-refractivity contribution in [3.8, 4) is 6.07 Å². The van der Waals surface area contributed by atoms with Crippen LogP contribution < -0.4 is 5.32 Å². The van der Waals surface area contributed by atoms with E-state index in [4.69, 9.17) is 10.00 Å². The van der Waals surface area contributed by atoms with Gasteiger partial charge in [0.15, 0.2) is 0 Å². The van der Waals surface area contributed by atoms with E-state index in [1.54, 1.807) is 42.5 Å². The van der Waals surface area contributed by atoms with Crippen LogP contribution in [0, 0.1) is 11.3 Å². The molecular formula is C18H14N2O3. The topological polar surface area (TPSA) is 79.2 Å². The molecule has 3 rings (SSSR count). The van der Waals surface area contributed by atoms with E-state index in [0.717, 1.165) is 16.8 Å². The van der Waals surface area contributed by atoms with Gasteiger partial charge in [-0.15, -0.1) is 0 Å². The normalized spacial score (nSPS) is 12.7. The molecule has 2 aromatic rings. The first-order valence-corrected chi connectivity index (χ1v) is 7.24. The highest BCUT2D eigenvalue weighted by molar-refractivity contribution is 5.96. The number of nitrogens with zero attached hydrogens (tertiary/aromatic N) is 1. The van der Waals surface area contributed by atoms with Crippen LogP contribution in [0.2, 0.25) is 0 Å². The number of hydrogen-bond acceptors (Lipinski definition) is 4. The summed E-state index contributed by atoms with van der Waals surface area (Å²) in [5.41, 5.74) is 3.55. The number of fused-ring (bicyclic) bond motifs is 1. The van der Waals surface area contributed by atoms with Crippen molar-refractivity contribution < 1.29 is 14.3 Å². The Hall–Kier alpha value is -3.13. The average Bonchev–Trinajstić information content (AvgIpc) is 2.59. The van der Waals surface area contributed by atoms with Crippen LogP contribution in [-0.4, -0.2) is 11.9 Å². The molecular weight excluding hydrogens is 292 g/mol. The molecule has 1 heterocycles. The van der Waals surface area contributed by atoms with Crippen molar-refractivity contribution in [1.82, 2.24) is 0 Å². The smallest absolute Gasteiger partial charge is 0.338 e. The highest BCUT2D eigenvalue weighted by Crippen LogP contribution is 2.24. The third-order valence-electron chi connectivity index (χ3n) is 3.69. The molecule has 2 aromatic carbocycles. The summed E-state index contributed by atoms with van der Waals surface area (Å²) in [5.74, 6) is -0.414. The number of rotatable bonds is 3. The number of esters is 1. The molecule has 1 aliphatic rings. The zero-order valence-electron chi connectivity index (χ0n) is 12.3. The molecule has 0 aliphatic carbocycles. The lowest BCUT2D eigenvalue weighted by Gasteiger charge is -2.17. The molecule has 0 saturated heterocycles. The summed E-state index contributed by atoms with van der Waals surface area (Å²) >= 11 is 0. The number of aryl methyl sites for hydroxylation is 1. The number of ether oxygens (including phenoxy) is 1. The summed E-state index contributed by atoms with van der Waals surface area (Å²) in [5, 5.41) is 11.5. The summed E-state index contributed by atoms with van der Waals surface area (Å²) < 4.78 is 5.29. The lowest BCUT2D eigenvalue weighted by Crippen LogP contribution is -2.19. The maximum atomic E-state index is 12.1. The SMILES string of the molecule is N#Cc1ccc(COC(=O)c2ccc3c(c2)CCC(=O)N3)cc1. The molecule has 1 amide bonds. The third-order valence-corrected chi connectivity index (χ3v) is 3.69. The van der Waals surface area contributed by atoms with Gasteiger partial charge in [0.05, 0.1) is 17.2 Å². The maximum Gasteiger partial charge on any atom is 0.338 e. The van der Waals surface area contributed by atoms with Crippen molar-refractivity contribution >= 4 is 17.6 Å². The Labute approximate surface area is 133 Å². The van der Waals surface area contributed by atoms with Gasteiger partial charge in [0, 0.05) is 12.1 Å². The zero-order valence-corrected chi connectivity index (χ0v) is 12.3. The lowest BCUT2D eigenvalue weighted by atomic mass is 10.0. The van der Waals surface area contributed by atoms with E-state index in [-0.39, 0.29) is 12.5 Å². The van der Waals surface area contributed by atoms with Gasteiger partial charge in [0.1, 0.15) is 6.61 Å². The largest absolute Gasteiger partial charge is 0.457 e. The molecule has 0 unspecified atom stereocenters. The minimum Gasteiger partial charge on any atom is -0.457 e. The van der Waals surface area contributed by atoms with E-state index < -0.39 is 5.97 Å². The summed E-state index contributed by atoms with van der Waals surface area (Å²) in [4.78, 5) is 23.5. The van der Waals surface area contributed by atoms with Gasteiger partial charge < -0.3 is 10.1 Å². The van der Waals surface area contributed by atoms with Gasteiger partial charge in [-0.05, 0) is 47.9 Å². The first kappa shape index (κ1) is 14.8. The van der Waals surface area contributed by atoms with Crippen molar-refractivity contribution in [3.63, 3.8) is 0 Å². The monoisotopic (exact) mass is 306 g/mol. The summed E-state index contributed by atoms with van der Waals surface area (Å²) in [6.07, 6.45) is 1.05. The molecule has 5 nitrogen and oxygen atoms in total. The second-order valence-electron chi connectivity index (χ2n) is 5.30.